The average molecular weight is 363 g/mol. The van der Waals surface area contributed by atoms with E-state index in [2.05, 4.69) is 24.8 Å². The molecule has 0 atom stereocenters. The first-order valence-electron chi connectivity index (χ1n) is 8.03. The van der Waals surface area contributed by atoms with E-state index in [1.54, 1.807) is 0 Å². The quantitative estimate of drug-likeness (QED) is 0.689. The zero-order valence-corrected chi connectivity index (χ0v) is 18.3. The van der Waals surface area contributed by atoms with Gasteiger partial charge in [0.25, 0.3) is 0 Å². The third kappa shape index (κ3) is 23.7. The van der Waals surface area contributed by atoms with E-state index in [1.807, 2.05) is 41.5 Å². The van der Waals surface area contributed by atoms with Crippen LogP contribution < -0.4 is 0 Å². The van der Waals surface area contributed by atoms with Gasteiger partial charge in [-0.3, -0.25) is 0 Å². The maximum atomic E-state index is 7.00. The molecule has 3 heteroatoms. The number of hydrogen-bond donors (Lipinski definition) is 1. The SMILES string of the molecule is C=C(CCC)N1CC[CH-]CC1.CC.CC.CC.CO.[Y]. The minimum atomic E-state index is 0. The van der Waals surface area contributed by atoms with E-state index in [9.17, 15) is 0 Å². The maximum Gasteiger partial charge on any atom is 0.0319 e. The summed E-state index contributed by atoms with van der Waals surface area (Å²) in [5, 5.41) is 7.00. The van der Waals surface area contributed by atoms with Crippen LogP contribution in [0.2, 0.25) is 0 Å². The van der Waals surface area contributed by atoms with E-state index in [-0.39, 0.29) is 32.7 Å². The molecule has 1 radical (unpaired) electrons. The van der Waals surface area contributed by atoms with Crippen LogP contribution in [0.25, 0.3) is 0 Å². The molecular weight excluding hydrogens is 323 g/mol. The first-order valence-corrected chi connectivity index (χ1v) is 8.03. The molecule has 0 spiro atoms. The molecule has 1 aliphatic heterocycles. The van der Waals surface area contributed by atoms with Crippen molar-refractivity contribution in [3.63, 3.8) is 0 Å². The second-order valence-corrected chi connectivity index (χ2v) is 3.17. The van der Waals surface area contributed by atoms with Gasteiger partial charge < -0.3 is 16.4 Å². The predicted molar refractivity (Wildman–Crippen MR) is 91.3 cm³/mol. The summed E-state index contributed by atoms with van der Waals surface area (Å²) in [4.78, 5) is 2.42. The van der Waals surface area contributed by atoms with Crippen molar-refractivity contribution in [2.75, 3.05) is 20.2 Å². The molecule has 1 heterocycles. The van der Waals surface area contributed by atoms with Crippen LogP contribution in [0.4, 0.5) is 0 Å². The summed E-state index contributed by atoms with van der Waals surface area (Å²) in [5.74, 6) is 0. The normalized spacial score (nSPS) is 11.3. The Morgan fingerprint density at radius 3 is 1.65 bits per heavy atom. The van der Waals surface area contributed by atoms with Crippen molar-refractivity contribution >= 4 is 0 Å². The molecule has 20 heavy (non-hydrogen) atoms. The van der Waals surface area contributed by atoms with Gasteiger partial charge in [0.1, 0.15) is 0 Å². The van der Waals surface area contributed by atoms with Crippen LogP contribution in [0.15, 0.2) is 12.3 Å². The Kier molecular flexibility index (Phi) is 59.6. The molecule has 1 N–H and O–H groups in total. The Hall–Kier alpha value is 0.604. The molecule has 0 aromatic carbocycles. The third-order valence-electron chi connectivity index (χ3n) is 2.19. The Labute approximate surface area is 155 Å². The van der Waals surface area contributed by atoms with E-state index >= 15 is 0 Å². The molecule has 1 rings (SSSR count). The van der Waals surface area contributed by atoms with E-state index in [0.29, 0.717) is 0 Å². The summed E-state index contributed by atoms with van der Waals surface area (Å²) < 4.78 is 0. The summed E-state index contributed by atoms with van der Waals surface area (Å²) in [6.45, 7) is 20.7. The van der Waals surface area contributed by atoms with Gasteiger partial charge in [-0.15, -0.1) is 0 Å². The standard InChI is InChI=1S/C10H18N.3C2H6.CH4O.Y/c1-3-7-10(2)11-8-5-4-6-9-11;4*1-2;/h4H,2-3,5-9H2,1H3;3*1-2H3;2H,1H3;/q-1;;;;;. The molecule has 0 amide bonds. The number of piperidine rings is 1. The zero-order valence-electron chi connectivity index (χ0n) is 15.5. The summed E-state index contributed by atoms with van der Waals surface area (Å²) >= 11 is 0. The van der Waals surface area contributed by atoms with Crippen LogP contribution in [-0.2, 0) is 32.7 Å². The molecule has 1 aliphatic rings. The van der Waals surface area contributed by atoms with Gasteiger partial charge in [-0.05, 0) is 19.5 Å². The van der Waals surface area contributed by atoms with Crippen LogP contribution in [0.1, 0.15) is 74.1 Å². The van der Waals surface area contributed by atoms with E-state index in [1.165, 1.54) is 44.5 Å². The largest absolute Gasteiger partial charge is 0.400 e. The molecule has 0 aromatic heterocycles. The van der Waals surface area contributed by atoms with Crippen molar-refractivity contribution in [3.8, 4) is 0 Å². The number of rotatable bonds is 3. The van der Waals surface area contributed by atoms with Crippen molar-refractivity contribution in [2.45, 2.75) is 74.1 Å². The summed E-state index contributed by atoms with van der Waals surface area (Å²) in [6.07, 6.45) is 7.24. The van der Waals surface area contributed by atoms with Gasteiger partial charge in [-0.25, -0.2) is 0 Å². The third-order valence-corrected chi connectivity index (χ3v) is 2.19. The van der Waals surface area contributed by atoms with Gasteiger partial charge in [0.15, 0.2) is 0 Å². The Morgan fingerprint density at radius 2 is 1.35 bits per heavy atom. The number of likely N-dealkylation sites (tertiary alicyclic amines) is 1. The Balaban J connectivity index is -0.0000000722. The zero-order chi connectivity index (χ0) is 16.1. The second-order valence-electron chi connectivity index (χ2n) is 3.17. The first-order chi connectivity index (χ1) is 9.34. The van der Waals surface area contributed by atoms with E-state index in [0.717, 1.165) is 7.11 Å². The number of aliphatic hydroxyl groups excluding tert-OH is 1. The monoisotopic (exact) mass is 363 g/mol. The second kappa shape index (κ2) is 36.7. The Bertz CT molecular complexity index is 135. The molecule has 0 bridgehead atoms. The van der Waals surface area contributed by atoms with Gasteiger partial charge in [-0.1, -0.05) is 61.5 Å². The van der Waals surface area contributed by atoms with E-state index in [4.69, 9.17) is 5.11 Å². The van der Waals surface area contributed by atoms with Gasteiger partial charge in [-0.2, -0.15) is 12.8 Å². The van der Waals surface area contributed by atoms with Gasteiger partial charge >= 0.3 is 0 Å². The molecular formula is C17H40NOY-. The van der Waals surface area contributed by atoms with Crippen molar-refractivity contribution in [1.82, 2.24) is 4.90 Å². The molecule has 0 aliphatic carbocycles. The molecule has 1 saturated heterocycles. The molecule has 123 valence electrons. The molecule has 0 saturated carbocycles. The van der Waals surface area contributed by atoms with Crippen LogP contribution in [0, 0.1) is 6.42 Å². The number of nitrogens with zero attached hydrogens (tertiary/aromatic N) is 1. The average Bonchev–Trinajstić information content (AvgIpc) is 2.56. The van der Waals surface area contributed by atoms with Crippen molar-refractivity contribution in [1.29, 1.82) is 0 Å². The van der Waals surface area contributed by atoms with Crippen molar-refractivity contribution in [2.24, 2.45) is 0 Å². The Morgan fingerprint density at radius 1 is 1.00 bits per heavy atom. The molecule has 1 fully saturated rings. The number of allylic oxidation sites excluding steroid dienone is 1. The topological polar surface area (TPSA) is 23.5 Å². The van der Waals surface area contributed by atoms with Crippen LogP contribution in [-0.4, -0.2) is 30.2 Å². The number of hydrogen-bond acceptors (Lipinski definition) is 2. The molecule has 0 aromatic rings. The predicted octanol–water partition coefficient (Wildman–Crippen LogP) is 5.28. The first kappa shape index (κ1) is 32.5. The summed E-state index contributed by atoms with van der Waals surface area (Å²) in [6, 6.07) is 0. The molecule has 0 unspecified atom stereocenters. The minimum absolute atomic E-state index is 0. The smallest absolute Gasteiger partial charge is 0.0319 e. The number of aliphatic hydroxyl groups is 1. The summed E-state index contributed by atoms with van der Waals surface area (Å²) in [5.41, 5.74) is 1.33. The fourth-order valence-corrected chi connectivity index (χ4v) is 1.51. The van der Waals surface area contributed by atoms with Crippen LogP contribution in [0.3, 0.4) is 0 Å². The molecule has 2 nitrogen and oxygen atoms in total. The van der Waals surface area contributed by atoms with Gasteiger partial charge in [0.05, 0.1) is 0 Å². The minimum Gasteiger partial charge on any atom is -0.400 e. The van der Waals surface area contributed by atoms with Crippen molar-refractivity contribution in [3.05, 3.63) is 18.7 Å². The van der Waals surface area contributed by atoms with Crippen LogP contribution in [0.5, 0.6) is 0 Å². The van der Waals surface area contributed by atoms with Gasteiger partial charge in [0.2, 0.25) is 0 Å². The van der Waals surface area contributed by atoms with Crippen LogP contribution >= 0.6 is 0 Å². The summed E-state index contributed by atoms with van der Waals surface area (Å²) in [7, 11) is 1.00. The van der Waals surface area contributed by atoms with Crippen molar-refractivity contribution < 1.29 is 37.8 Å². The fourth-order valence-electron chi connectivity index (χ4n) is 1.51. The fraction of sp³-hybridized carbons (Fsp3) is 0.824. The van der Waals surface area contributed by atoms with Gasteiger partial charge in [0, 0.05) is 45.5 Å². The maximum absolute atomic E-state index is 7.00. The van der Waals surface area contributed by atoms with E-state index < -0.39 is 0 Å².